The van der Waals surface area contributed by atoms with E-state index in [1.54, 1.807) is 12.1 Å². The third-order valence-corrected chi connectivity index (χ3v) is 4.68. The molecule has 0 aliphatic rings. The van der Waals surface area contributed by atoms with Gasteiger partial charge in [0.1, 0.15) is 5.75 Å². The SMILES string of the molecule is Cc1cc(C(C)(c2ccccc2)c2ccc(O)c(O)c2)ccc1O. The molecular formula is C21H20O3. The van der Waals surface area contributed by atoms with Crippen molar-refractivity contribution in [1.82, 2.24) is 0 Å². The largest absolute Gasteiger partial charge is 0.508 e. The van der Waals surface area contributed by atoms with Gasteiger partial charge in [-0.3, -0.25) is 0 Å². The van der Waals surface area contributed by atoms with Crippen LogP contribution in [0.25, 0.3) is 0 Å². The molecule has 3 aromatic rings. The summed E-state index contributed by atoms with van der Waals surface area (Å²) in [6, 6.07) is 20.4. The smallest absolute Gasteiger partial charge is 0.157 e. The molecule has 0 radical (unpaired) electrons. The quantitative estimate of drug-likeness (QED) is 0.493. The lowest BCUT2D eigenvalue weighted by Crippen LogP contribution is -2.25. The first-order valence-corrected chi connectivity index (χ1v) is 7.81. The molecule has 0 fully saturated rings. The monoisotopic (exact) mass is 320 g/mol. The molecule has 0 amide bonds. The van der Waals surface area contributed by atoms with Gasteiger partial charge in [0, 0.05) is 5.41 Å². The maximum absolute atomic E-state index is 9.97. The Hall–Kier alpha value is -2.94. The zero-order chi connectivity index (χ0) is 17.3. The lowest BCUT2D eigenvalue weighted by Gasteiger charge is -2.32. The van der Waals surface area contributed by atoms with Gasteiger partial charge < -0.3 is 15.3 Å². The Bertz CT molecular complexity index is 818. The van der Waals surface area contributed by atoms with Crippen LogP contribution in [0.5, 0.6) is 17.2 Å². The number of hydrogen-bond donors (Lipinski definition) is 3. The third kappa shape index (κ3) is 2.58. The molecule has 0 heterocycles. The van der Waals surface area contributed by atoms with Crippen molar-refractivity contribution in [2.45, 2.75) is 19.3 Å². The van der Waals surface area contributed by atoms with Crippen LogP contribution in [0.2, 0.25) is 0 Å². The molecule has 24 heavy (non-hydrogen) atoms. The van der Waals surface area contributed by atoms with Gasteiger partial charge in [-0.15, -0.1) is 0 Å². The number of aryl methyl sites for hydroxylation is 1. The van der Waals surface area contributed by atoms with Gasteiger partial charge in [0.05, 0.1) is 0 Å². The number of rotatable bonds is 3. The minimum Gasteiger partial charge on any atom is -0.508 e. The Kier molecular flexibility index (Phi) is 3.94. The van der Waals surface area contributed by atoms with Gasteiger partial charge in [0.25, 0.3) is 0 Å². The number of phenols is 3. The molecule has 3 rings (SSSR count). The highest BCUT2D eigenvalue weighted by atomic mass is 16.3. The van der Waals surface area contributed by atoms with Gasteiger partial charge in [-0.25, -0.2) is 0 Å². The normalized spacial score (nSPS) is 13.4. The second-order valence-electron chi connectivity index (χ2n) is 6.20. The number of phenolic OH excluding ortho intramolecular Hbond substituents is 3. The molecule has 0 spiro atoms. The van der Waals surface area contributed by atoms with E-state index in [4.69, 9.17) is 0 Å². The Morgan fingerprint density at radius 3 is 1.79 bits per heavy atom. The van der Waals surface area contributed by atoms with E-state index < -0.39 is 5.41 Å². The van der Waals surface area contributed by atoms with E-state index in [0.717, 1.165) is 22.3 Å². The van der Waals surface area contributed by atoms with Gasteiger partial charge in [0.15, 0.2) is 11.5 Å². The van der Waals surface area contributed by atoms with Crippen LogP contribution in [-0.2, 0) is 5.41 Å². The van der Waals surface area contributed by atoms with Crippen LogP contribution in [0.4, 0.5) is 0 Å². The number of benzene rings is 3. The topological polar surface area (TPSA) is 60.7 Å². The van der Waals surface area contributed by atoms with Crippen LogP contribution < -0.4 is 0 Å². The maximum atomic E-state index is 9.97. The lowest BCUT2D eigenvalue weighted by atomic mass is 9.70. The Morgan fingerprint density at radius 1 is 0.625 bits per heavy atom. The zero-order valence-electron chi connectivity index (χ0n) is 13.7. The molecular weight excluding hydrogens is 300 g/mol. The number of hydrogen-bond acceptors (Lipinski definition) is 3. The first-order chi connectivity index (χ1) is 11.4. The van der Waals surface area contributed by atoms with Crippen molar-refractivity contribution in [3.8, 4) is 17.2 Å². The Balaban J connectivity index is 2.28. The molecule has 0 saturated heterocycles. The highest BCUT2D eigenvalue weighted by Crippen LogP contribution is 2.42. The minimum absolute atomic E-state index is 0.143. The molecule has 3 heteroatoms. The summed E-state index contributed by atoms with van der Waals surface area (Å²) >= 11 is 0. The number of aromatic hydroxyl groups is 3. The van der Waals surface area contributed by atoms with Gasteiger partial charge in [-0.1, -0.05) is 48.5 Å². The summed E-state index contributed by atoms with van der Waals surface area (Å²) in [6.45, 7) is 3.93. The van der Waals surface area contributed by atoms with Crippen LogP contribution in [0.1, 0.15) is 29.2 Å². The zero-order valence-corrected chi connectivity index (χ0v) is 13.7. The van der Waals surface area contributed by atoms with E-state index in [2.05, 4.69) is 6.92 Å². The fourth-order valence-corrected chi connectivity index (χ4v) is 3.07. The Labute approximate surface area is 141 Å². The van der Waals surface area contributed by atoms with E-state index in [-0.39, 0.29) is 17.2 Å². The molecule has 1 unspecified atom stereocenters. The summed E-state index contributed by atoms with van der Waals surface area (Å²) in [5.41, 5.74) is 3.16. The van der Waals surface area contributed by atoms with Gasteiger partial charge >= 0.3 is 0 Å². The summed E-state index contributed by atoms with van der Waals surface area (Å²) < 4.78 is 0. The van der Waals surface area contributed by atoms with Crippen molar-refractivity contribution in [3.05, 3.63) is 89.0 Å². The first kappa shape index (κ1) is 15.9. The molecule has 0 aromatic heterocycles. The average molecular weight is 320 g/mol. The molecule has 0 saturated carbocycles. The second-order valence-corrected chi connectivity index (χ2v) is 6.20. The van der Waals surface area contributed by atoms with Crippen LogP contribution in [0.15, 0.2) is 66.7 Å². The summed E-state index contributed by atoms with van der Waals surface area (Å²) in [6.07, 6.45) is 0. The minimum atomic E-state index is -0.537. The Morgan fingerprint density at radius 2 is 1.21 bits per heavy atom. The first-order valence-electron chi connectivity index (χ1n) is 7.81. The molecule has 3 nitrogen and oxygen atoms in total. The molecule has 0 bridgehead atoms. The van der Waals surface area contributed by atoms with Crippen molar-refractivity contribution in [1.29, 1.82) is 0 Å². The fraction of sp³-hybridized carbons (Fsp3) is 0.143. The van der Waals surface area contributed by atoms with Gasteiger partial charge in [0.2, 0.25) is 0 Å². The maximum Gasteiger partial charge on any atom is 0.157 e. The molecule has 1 atom stereocenters. The van der Waals surface area contributed by atoms with Crippen molar-refractivity contribution < 1.29 is 15.3 Å². The molecule has 0 aliphatic heterocycles. The van der Waals surface area contributed by atoms with Crippen LogP contribution in [-0.4, -0.2) is 15.3 Å². The third-order valence-electron chi connectivity index (χ3n) is 4.68. The predicted octanol–water partition coefficient (Wildman–Crippen LogP) is 4.47. The average Bonchev–Trinajstić information content (AvgIpc) is 2.60. The van der Waals surface area contributed by atoms with Crippen molar-refractivity contribution in [2.24, 2.45) is 0 Å². The van der Waals surface area contributed by atoms with E-state index >= 15 is 0 Å². The lowest BCUT2D eigenvalue weighted by molar-refractivity contribution is 0.402. The highest BCUT2D eigenvalue weighted by Gasteiger charge is 2.32. The summed E-state index contributed by atoms with van der Waals surface area (Å²) in [7, 11) is 0. The van der Waals surface area contributed by atoms with E-state index in [9.17, 15) is 15.3 Å². The van der Waals surface area contributed by atoms with Gasteiger partial charge in [-0.05, 0) is 54.3 Å². The highest BCUT2D eigenvalue weighted by molar-refractivity contribution is 5.54. The van der Waals surface area contributed by atoms with Crippen LogP contribution in [0, 0.1) is 6.92 Å². The van der Waals surface area contributed by atoms with E-state index in [1.807, 2.05) is 55.5 Å². The molecule has 3 N–H and O–H groups in total. The van der Waals surface area contributed by atoms with Crippen molar-refractivity contribution in [3.63, 3.8) is 0 Å². The van der Waals surface area contributed by atoms with Crippen molar-refractivity contribution in [2.75, 3.05) is 0 Å². The van der Waals surface area contributed by atoms with Crippen LogP contribution in [0.3, 0.4) is 0 Å². The molecule has 0 aliphatic carbocycles. The molecule has 3 aromatic carbocycles. The summed E-state index contributed by atoms with van der Waals surface area (Å²) in [5.74, 6) is -0.0380. The molecule has 122 valence electrons. The summed E-state index contributed by atoms with van der Waals surface area (Å²) in [4.78, 5) is 0. The van der Waals surface area contributed by atoms with Gasteiger partial charge in [-0.2, -0.15) is 0 Å². The fourth-order valence-electron chi connectivity index (χ4n) is 3.07. The van der Waals surface area contributed by atoms with E-state index in [0.29, 0.717) is 0 Å². The van der Waals surface area contributed by atoms with Crippen LogP contribution >= 0.6 is 0 Å². The van der Waals surface area contributed by atoms with E-state index in [1.165, 1.54) is 6.07 Å². The predicted molar refractivity (Wildman–Crippen MR) is 94.6 cm³/mol. The second kappa shape index (κ2) is 5.93. The standard InChI is InChI=1S/C21H20O3/c1-14-12-16(8-10-18(14)22)21(2,15-6-4-3-5-7-15)17-9-11-19(23)20(24)13-17/h3-13,22-24H,1-2H3. The van der Waals surface area contributed by atoms with Crippen molar-refractivity contribution >= 4 is 0 Å². The summed E-state index contributed by atoms with van der Waals surface area (Å²) in [5, 5.41) is 29.5.